The van der Waals surface area contributed by atoms with Gasteiger partial charge in [0.15, 0.2) is 0 Å². The largest absolute Gasteiger partial charge is 0.369 e. The van der Waals surface area contributed by atoms with Gasteiger partial charge in [0.1, 0.15) is 5.82 Å². The minimum atomic E-state index is -0.353. The molecule has 1 aromatic rings. The molecule has 0 saturated carbocycles. The van der Waals surface area contributed by atoms with Crippen LogP contribution in [0.5, 0.6) is 0 Å². The van der Waals surface area contributed by atoms with Crippen molar-refractivity contribution in [3.05, 3.63) is 46.6 Å². The predicted molar refractivity (Wildman–Crippen MR) is 95.5 cm³/mol. The lowest BCUT2D eigenvalue weighted by atomic mass is 10.1. The molecular formula is C18H19FN2O2S. The summed E-state index contributed by atoms with van der Waals surface area (Å²) < 4.78 is 14.5. The summed E-state index contributed by atoms with van der Waals surface area (Å²) in [6.45, 7) is 7.36. The number of anilines is 1. The highest BCUT2D eigenvalue weighted by Crippen LogP contribution is 2.34. The zero-order valence-electron chi connectivity index (χ0n) is 13.5. The number of amides is 2. The van der Waals surface area contributed by atoms with Crippen molar-refractivity contribution >= 4 is 34.7 Å². The summed E-state index contributed by atoms with van der Waals surface area (Å²) >= 11 is 0.879. The van der Waals surface area contributed by atoms with E-state index < -0.39 is 0 Å². The highest BCUT2D eigenvalue weighted by molar-refractivity contribution is 8.18. The Hall–Kier alpha value is -2.08. The lowest BCUT2D eigenvalue weighted by Gasteiger charge is -2.19. The maximum absolute atomic E-state index is 14.5. The Morgan fingerprint density at radius 2 is 2.00 bits per heavy atom. The number of thioether (sulfide) groups is 1. The Balaban J connectivity index is 1.90. The molecule has 2 heterocycles. The first-order chi connectivity index (χ1) is 11.5. The molecule has 0 N–H and O–H groups in total. The van der Waals surface area contributed by atoms with Crippen molar-refractivity contribution in [2.24, 2.45) is 0 Å². The third-order valence-electron chi connectivity index (χ3n) is 4.25. The number of rotatable bonds is 4. The topological polar surface area (TPSA) is 40.6 Å². The van der Waals surface area contributed by atoms with Crippen LogP contribution in [0, 0.1) is 12.7 Å². The molecule has 2 aliphatic heterocycles. The van der Waals surface area contributed by atoms with Crippen LogP contribution in [0.25, 0.3) is 6.08 Å². The third-order valence-corrected chi connectivity index (χ3v) is 5.16. The van der Waals surface area contributed by atoms with Crippen molar-refractivity contribution in [1.82, 2.24) is 4.90 Å². The van der Waals surface area contributed by atoms with Crippen LogP contribution in [-0.2, 0) is 4.79 Å². The Kier molecular flexibility index (Phi) is 4.76. The zero-order chi connectivity index (χ0) is 17.3. The van der Waals surface area contributed by atoms with Crippen LogP contribution in [0.3, 0.4) is 0 Å². The highest BCUT2D eigenvalue weighted by Gasteiger charge is 2.34. The lowest BCUT2D eigenvalue weighted by Crippen LogP contribution is -2.27. The van der Waals surface area contributed by atoms with Crippen LogP contribution in [0.15, 0.2) is 29.7 Å². The van der Waals surface area contributed by atoms with Gasteiger partial charge in [0.25, 0.3) is 11.1 Å². The van der Waals surface area contributed by atoms with Crippen molar-refractivity contribution in [3.8, 4) is 0 Å². The van der Waals surface area contributed by atoms with Crippen molar-refractivity contribution in [2.75, 3.05) is 24.5 Å². The quantitative estimate of drug-likeness (QED) is 0.611. The van der Waals surface area contributed by atoms with Crippen LogP contribution in [0.2, 0.25) is 0 Å². The number of benzene rings is 1. The minimum absolute atomic E-state index is 0.184. The summed E-state index contributed by atoms with van der Waals surface area (Å²) in [5, 5.41) is -0.321. The van der Waals surface area contributed by atoms with E-state index in [1.54, 1.807) is 6.08 Å². The van der Waals surface area contributed by atoms with Gasteiger partial charge in [-0.15, -0.1) is 6.58 Å². The molecule has 2 saturated heterocycles. The highest BCUT2D eigenvalue weighted by atomic mass is 32.2. The summed E-state index contributed by atoms with van der Waals surface area (Å²) in [5.74, 6) is -0.646. The van der Waals surface area contributed by atoms with E-state index in [2.05, 4.69) is 6.58 Å². The van der Waals surface area contributed by atoms with E-state index in [9.17, 15) is 14.0 Å². The summed E-state index contributed by atoms with van der Waals surface area (Å²) in [7, 11) is 0. The summed E-state index contributed by atoms with van der Waals surface area (Å²) in [6, 6.07) is 3.27. The fourth-order valence-corrected chi connectivity index (χ4v) is 3.80. The van der Waals surface area contributed by atoms with Gasteiger partial charge in [-0.25, -0.2) is 4.39 Å². The van der Waals surface area contributed by atoms with Gasteiger partial charge in [-0.2, -0.15) is 0 Å². The average molecular weight is 346 g/mol. The van der Waals surface area contributed by atoms with Crippen LogP contribution >= 0.6 is 11.8 Å². The molecule has 0 atom stereocenters. The molecule has 2 aliphatic rings. The van der Waals surface area contributed by atoms with Crippen LogP contribution < -0.4 is 4.90 Å². The zero-order valence-corrected chi connectivity index (χ0v) is 14.4. The van der Waals surface area contributed by atoms with Crippen molar-refractivity contribution in [1.29, 1.82) is 0 Å². The SMILES string of the molecule is C=CCN1C(=O)S/C(=C\c2cc(F)c(N3CCCC3)cc2C)C1=O. The van der Waals surface area contributed by atoms with Gasteiger partial charge >= 0.3 is 0 Å². The monoisotopic (exact) mass is 346 g/mol. The van der Waals surface area contributed by atoms with Crippen LogP contribution in [-0.4, -0.2) is 35.7 Å². The van der Waals surface area contributed by atoms with Crippen LogP contribution in [0.1, 0.15) is 24.0 Å². The molecule has 4 nitrogen and oxygen atoms in total. The number of nitrogens with zero attached hydrogens (tertiary/aromatic N) is 2. The van der Waals surface area contributed by atoms with Crippen molar-refractivity contribution in [3.63, 3.8) is 0 Å². The van der Waals surface area contributed by atoms with E-state index in [1.807, 2.05) is 17.9 Å². The van der Waals surface area contributed by atoms with Crippen molar-refractivity contribution < 1.29 is 14.0 Å². The summed E-state index contributed by atoms with van der Waals surface area (Å²) in [6.07, 6.45) is 5.27. The van der Waals surface area contributed by atoms with Crippen molar-refractivity contribution in [2.45, 2.75) is 19.8 Å². The number of aryl methyl sites for hydroxylation is 1. The number of halogens is 1. The Labute approximate surface area is 145 Å². The second-order valence-corrected chi connectivity index (χ2v) is 6.93. The van der Waals surface area contributed by atoms with E-state index in [-0.39, 0.29) is 23.5 Å². The van der Waals surface area contributed by atoms with Gasteiger partial charge in [0.2, 0.25) is 0 Å². The normalized spacial score (nSPS) is 19.7. The maximum Gasteiger partial charge on any atom is 0.293 e. The lowest BCUT2D eigenvalue weighted by molar-refractivity contribution is -0.122. The minimum Gasteiger partial charge on any atom is -0.369 e. The maximum atomic E-state index is 14.5. The van der Waals surface area contributed by atoms with E-state index in [0.29, 0.717) is 16.2 Å². The van der Waals surface area contributed by atoms with E-state index in [1.165, 1.54) is 12.1 Å². The summed E-state index contributed by atoms with van der Waals surface area (Å²) in [5.41, 5.74) is 2.12. The summed E-state index contributed by atoms with van der Waals surface area (Å²) in [4.78, 5) is 27.6. The third kappa shape index (κ3) is 3.11. The van der Waals surface area contributed by atoms with Gasteiger partial charge in [-0.05, 0) is 60.9 Å². The average Bonchev–Trinajstić information content (AvgIpc) is 3.15. The number of imide groups is 1. The number of carbonyl (C=O) groups is 2. The molecule has 1 aromatic carbocycles. The number of hydrogen-bond acceptors (Lipinski definition) is 4. The van der Waals surface area contributed by atoms with E-state index in [4.69, 9.17) is 0 Å². The van der Waals surface area contributed by atoms with Gasteiger partial charge < -0.3 is 4.90 Å². The number of carbonyl (C=O) groups excluding carboxylic acids is 2. The number of hydrogen-bond donors (Lipinski definition) is 0. The molecule has 0 spiro atoms. The predicted octanol–water partition coefficient (Wildman–Crippen LogP) is 3.96. The smallest absolute Gasteiger partial charge is 0.293 e. The first-order valence-electron chi connectivity index (χ1n) is 7.92. The molecule has 0 aromatic heterocycles. The molecule has 0 bridgehead atoms. The van der Waals surface area contributed by atoms with E-state index in [0.717, 1.165) is 48.2 Å². The molecule has 0 unspecified atom stereocenters. The second-order valence-electron chi connectivity index (χ2n) is 5.94. The molecule has 6 heteroatoms. The standard InChI is InChI=1S/C18H19FN2O2S/c1-3-6-21-17(22)16(24-18(21)23)11-13-10-14(19)15(9-12(13)2)20-7-4-5-8-20/h3,9-11H,1,4-8H2,2H3/b16-11-. The molecule has 2 fully saturated rings. The Bertz CT molecular complexity index is 739. The van der Waals surface area contributed by atoms with Crippen LogP contribution in [0.4, 0.5) is 14.9 Å². The van der Waals surface area contributed by atoms with Gasteiger partial charge in [0, 0.05) is 19.6 Å². The first-order valence-corrected chi connectivity index (χ1v) is 8.74. The van der Waals surface area contributed by atoms with E-state index >= 15 is 0 Å². The second kappa shape index (κ2) is 6.81. The fraction of sp³-hybridized carbons (Fsp3) is 0.333. The molecule has 126 valence electrons. The van der Waals surface area contributed by atoms with Gasteiger partial charge in [0.05, 0.1) is 10.6 Å². The Morgan fingerprint density at radius 1 is 1.29 bits per heavy atom. The molecule has 2 amide bonds. The molecule has 0 aliphatic carbocycles. The van der Waals surface area contributed by atoms with Gasteiger partial charge in [-0.3, -0.25) is 14.5 Å². The van der Waals surface area contributed by atoms with Gasteiger partial charge in [-0.1, -0.05) is 6.08 Å². The molecule has 0 radical (unpaired) electrons. The fourth-order valence-electron chi connectivity index (χ4n) is 2.97. The molecular weight excluding hydrogens is 327 g/mol. The first kappa shape index (κ1) is 16.8. The molecule has 24 heavy (non-hydrogen) atoms. The molecule has 3 rings (SSSR count). The Morgan fingerprint density at radius 3 is 2.67 bits per heavy atom.